The number of aryl methyl sites for hydroxylation is 2. The van der Waals surface area contributed by atoms with Crippen molar-refractivity contribution >= 4 is 31.9 Å². The molecule has 6 aromatic rings. The minimum absolute atomic E-state index is 0.0109. The predicted molar refractivity (Wildman–Crippen MR) is 352 cm³/mol. The number of hydrogen-bond donors (Lipinski definition) is 6. The number of rotatable bonds is 18. The lowest BCUT2D eigenvalue weighted by molar-refractivity contribution is -0.124. The van der Waals surface area contributed by atoms with E-state index in [0.717, 1.165) is 55.6 Å². The maximum Gasteiger partial charge on any atom is 0.241 e. The summed E-state index contributed by atoms with van der Waals surface area (Å²) in [7, 11) is -8.07. The molecule has 2 amide bonds. The summed E-state index contributed by atoms with van der Waals surface area (Å²) >= 11 is 0. The third kappa shape index (κ3) is 17.0. The summed E-state index contributed by atoms with van der Waals surface area (Å²) in [6.45, 7) is 36.7. The number of carbonyl (C=O) groups is 2. The summed E-state index contributed by atoms with van der Waals surface area (Å²) < 4.78 is 73.2. The number of ether oxygens (including phenoxy) is 2. The summed E-state index contributed by atoms with van der Waals surface area (Å²) in [5, 5.41) is 31.6. The zero-order valence-corrected chi connectivity index (χ0v) is 56.8. The first-order valence-electron chi connectivity index (χ1n) is 30.8. The Hall–Kier alpha value is -6.72. The lowest BCUT2D eigenvalue weighted by Gasteiger charge is -2.28. The molecular weight excluding hydrogens is 1140 g/mol. The Morgan fingerprint density at radius 2 is 0.670 bits per heavy atom. The number of fused-ring (bicyclic) bond motifs is 8. The molecule has 0 heterocycles. The zero-order valence-electron chi connectivity index (χ0n) is 55.2. The number of aromatic hydroxyl groups is 2. The van der Waals surface area contributed by atoms with Crippen LogP contribution in [0.25, 0.3) is 0 Å². The Balaban J connectivity index is 1.33. The monoisotopic (exact) mass is 1240 g/mol. The van der Waals surface area contributed by atoms with Gasteiger partial charge in [0, 0.05) is 25.7 Å². The minimum atomic E-state index is -4.03. The normalized spacial score (nSPS) is 14.1. The van der Waals surface area contributed by atoms with Crippen LogP contribution in [0.5, 0.6) is 23.0 Å². The molecule has 1 aliphatic carbocycles. The third-order valence-electron chi connectivity index (χ3n) is 16.4. The van der Waals surface area contributed by atoms with Gasteiger partial charge in [-0.25, -0.2) is 16.8 Å². The van der Waals surface area contributed by atoms with E-state index in [1.54, 1.807) is 52.0 Å². The van der Waals surface area contributed by atoms with Gasteiger partial charge in [0.1, 0.15) is 48.3 Å². The van der Waals surface area contributed by atoms with Crippen LogP contribution in [0.3, 0.4) is 0 Å². The van der Waals surface area contributed by atoms with E-state index in [1.807, 2.05) is 13.8 Å². The molecule has 0 aromatic heterocycles. The van der Waals surface area contributed by atoms with Crippen molar-refractivity contribution in [2.75, 3.05) is 26.3 Å². The molecule has 0 spiro atoms. The van der Waals surface area contributed by atoms with E-state index < -0.39 is 43.9 Å². The van der Waals surface area contributed by atoms with Crippen LogP contribution >= 0.6 is 0 Å². The summed E-state index contributed by atoms with van der Waals surface area (Å²) in [6.07, 6.45) is 0.967. The smallest absolute Gasteiger partial charge is 0.241 e. The van der Waals surface area contributed by atoms with Crippen LogP contribution in [0.4, 0.5) is 0 Å². The van der Waals surface area contributed by atoms with Gasteiger partial charge >= 0.3 is 0 Å². The molecule has 0 unspecified atom stereocenters. The highest BCUT2D eigenvalue weighted by Gasteiger charge is 2.33. The first-order valence-corrected chi connectivity index (χ1v) is 33.7. The first-order chi connectivity index (χ1) is 40.7. The van der Waals surface area contributed by atoms with E-state index >= 15 is 0 Å². The van der Waals surface area contributed by atoms with Crippen LogP contribution in [-0.4, -0.2) is 77.2 Å². The molecule has 0 saturated carbocycles. The largest absolute Gasteiger partial charge is 0.507 e. The Labute approximate surface area is 525 Å². The quantitative estimate of drug-likeness (QED) is 0.0448. The van der Waals surface area contributed by atoms with Crippen LogP contribution in [0.2, 0.25) is 0 Å². The highest BCUT2D eigenvalue weighted by atomic mass is 32.2. The lowest BCUT2D eigenvalue weighted by Crippen LogP contribution is -2.50. The van der Waals surface area contributed by atoms with Crippen LogP contribution in [0.15, 0.2) is 107 Å². The maximum absolute atomic E-state index is 14.0. The molecule has 476 valence electrons. The molecule has 88 heavy (non-hydrogen) atoms. The van der Waals surface area contributed by atoms with Gasteiger partial charge < -0.3 is 30.3 Å². The van der Waals surface area contributed by atoms with E-state index in [1.165, 1.54) is 24.3 Å². The number of hydrogen-bond acceptors (Lipinski definition) is 10. The van der Waals surface area contributed by atoms with Crippen molar-refractivity contribution in [1.29, 1.82) is 0 Å². The van der Waals surface area contributed by atoms with Crippen molar-refractivity contribution < 1.29 is 46.1 Å². The van der Waals surface area contributed by atoms with Crippen molar-refractivity contribution in [2.24, 2.45) is 11.8 Å². The Morgan fingerprint density at radius 3 is 0.898 bits per heavy atom. The van der Waals surface area contributed by atoms with Gasteiger partial charge in [-0.05, 0) is 138 Å². The Kier molecular flexibility index (Phi) is 20.9. The van der Waals surface area contributed by atoms with E-state index in [4.69, 9.17) is 9.47 Å². The van der Waals surface area contributed by atoms with Crippen LogP contribution in [0.1, 0.15) is 189 Å². The van der Waals surface area contributed by atoms with Crippen molar-refractivity contribution in [3.05, 3.63) is 175 Å². The number of amides is 2. The Bertz CT molecular complexity index is 3410. The van der Waals surface area contributed by atoms with Crippen molar-refractivity contribution in [3.8, 4) is 23.0 Å². The highest BCUT2D eigenvalue weighted by molar-refractivity contribution is 7.89. The summed E-state index contributed by atoms with van der Waals surface area (Å²) in [5.41, 5.74) is 10.2. The van der Waals surface area contributed by atoms with Crippen LogP contribution < -0.4 is 29.6 Å². The van der Waals surface area contributed by atoms with Gasteiger partial charge in [-0.2, -0.15) is 9.44 Å². The van der Waals surface area contributed by atoms with Gasteiger partial charge in [0.15, 0.2) is 0 Å². The number of phenols is 2. The number of benzene rings is 6. The molecular formula is C72H96N4O10S2. The zero-order chi connectivity index (χ0) is 65.2. The summed E-state index contributed by atoms with van der Waals surface area (Å²) in [5.74, 6) is -0.451. The topological polar surface area (TPSA) is 209 Å². The van der Waals surface area contributed by atoms with Crippen molar-refractivity contribution in [2.45, 2.75) is 194 Å². The molecule has 16 heteroatoms. The van der Waals surface area contributed by atoms with E-state index in [9.17, 15) is 36.6 Å². The third-order valence-corrected chi connectivity index (χ3v) is 19.3. The Morgan fingerprint density at radius 1 is 0.432 bits per heavy atom. The van der Waals surface area contributed by atoms with Gasteiger partial charge in [-0.3, -0.25) is 9.59 Å². The molecule has 0 fully saturated rings. The predicted octanol–water partition coefficient (Wildman–Crippen LogP) is 12.6. The second kappa shape index (κ2) is 26.8. The van der Waals surface area contributed by atoms with Crippen LogP contribution in [0, 0.1) is 25.7 Å². The van der Waals surface area contributed by atoms with Crippen molar-refractivity contribution in [3.63, 3.8) is 0 Å². The van der Waals surface area contributed by atoms with Gasteiger partial charge in [-0.15, -0.1) is 0 Å². The van der Waals surface area contributed by atoms with Gasteiger partial charge in [0.2, 0.25) is 31.9 Å². The molecule has 1 aliphatic rings. The molecule has 6 aromatic carbocycles. The number of phenolic OH excluding ortho intramolecular Hbond substituents is 2. The van der Waals surface area contributed by atoms with Crippen molar-refractivity contribution in [1.82, 2.24) is 20.1 Å². The minimum Gasteiger partial charge on any atom is -0.507 e. The molecule has 14 nitrogen and oxygen atoms in total. The van der Waals surface area contributed by atoms with E-state index in [0.29, 0.717) is 33.8 Å². The molecule has 0 saturated heterocycles. The molecule has 0 aliphatic heterocycles. The van der Waals surface area contributed by atoms with Gasteiger partial charge in [0.25, 0.3) is 0 Å². The number of sulfonamides is 2. The average molecular weight is 1240 g/mol. The fourth-order valence-electron chi connectivity index (χ4n) is 10.8. The fourth-order valence-corrected chi connectivity index (χ4v) is 13.5. The SMILES string of the molecule is Cc1ccc(S(=O)(=O)N[C@@H](C(=O)NCCOc2c3cc(C(C)(C)C)cc2Cc2cc(C(C)(C)C)cc(c2O)Cc2cc(C(C)(C)C)cc(c2OCCNC(=O)[C@H](NS(=O)(=O)c2ccc(C)cc2)C(C)C)Cc2cc(C(C)(C)C)cc(c2O)C3)C(C)C)cc1. The summed E-state index contributed by atoms with van der Waals surface area (Å²) in [4.78, 5) is 28.0. The van der Waals surface area contributed by atoms with E-state index in [-0.39, 0.29) is 107 Å². The van der Waals surface area contributed by atoms with Gasteiger partial charge in [0.05, 0.1) is 22.9 Å². The number of nitrogens with one attached hydrogen (secondary N) is 4. The fraction of sp³-hybridized carbons (Fsp3) is 0.472. The average Bonchev–Trinajstić information content (AvgIpc) is 3.30. The molecule has 2 atom stereocenters. The molecule has 7 rings (SSSR count). The first kappa shape index (κ1) is 68.8. The molecule has 6 N–H and O–H groups in total. The van der Waals surface area contributed by atoms with Crippen LogP contribution in [-0.2, 0) is 77.0 Å². The standard InChI is InChI=1S/C72H96N4O10S2/c1-43(2)61(75-87(81,82)59-23-19-45(5)20-24-59)67(79)73-27-29-85-65-51-31-47-35-55(69(7,8)9)37-49(63(47)77)33-53-41-58(72(16,17)18)42-54(34-50-38-56(70(10,11)12)36-48(64(50)78)32-52(65)40-57(39-51)71(13,14)15)66(53)86-30-28-74-68(80)62(44(3)4)76-88(83,84)60-25-21-46(6)22-26-60/h19-26,35-44,61-62,75-78H,27-34H2,1-18H3,(H,73,79)(H,74,80)/t61-,62-/m1/s1. The maximum atomic E-state index is 14.0. The molecule has 8 bridgehead atoms. The second-order valence-electron chi connectivity index (χ2n) is 28.8. The molecule has 0 radical (unpaired) electrons. The lowest BCUT2D eigenvalue weighted by atomic mass is 9.79. The van der Waals surface area contributed by atoms with E-state index in [2.05, 4.69) is 152 Å². The number of carbonyl (C=O) groups excluding carboxylic acids is 2. The summed E-state index contributed by atoms with van der Waals surface area (Å²) in [6, 6.07) is 27.5. The highest BCUT2D eigenvalue weighted by Crippen LogP contribution is 2.44. The van der Waals surface area contributed by atoms with Gasteiger partial charge in [-0.1, -0.05) is 195 Å². The second-order valence-corrected chi connectivity index (χ2v) is 32.3.